The number of methoxy groups -OCH3 is 2. The first-order valence-electron chi connectivity index (χ1n) is 24.3. The number of ether oxygens (including phenoxy) is 4. The number of H-pyrrole nitrogens is 1. The van der Waals surface area contributed by atoms with Gasteiger partial charge in [-0.3, -0.25) is 19.1 Å². The summed E-state index contributed by atoms with van der Waals surface area (Å²) in [6.07, 6.45) is 6.15. The average Bonchev–Trinajstić information content (AvgIpc) is 3.81. The molecule has 4 aliphatic carbocycles. The van der Waals surface area contributed by atoms with E-state index >= 15 is 0 Å². The van der Waals surface area contributed by atoms with Crippen LogP contribution in [0.2, 0.25) is 0 Å². The molecule has 362 valence electrons. The first-order chi connectivity index (χ1) is 32.8. The van der Waals surface area contributed by atoms with Crippen molar-refractivity contribution in [3.05, 3.63) is 128 Å². The van der Waals surface area contributed by atoms with Crippen LogP contribution in [0.1, 0.15) is 108 Å². The predicted molar refractivity (Wildman–Crippen MR) is 258 cm³/mol. The molecule has 14 nitrogen and oxygen atoms in total. The van der Waals surface area contributed by atoms with Crippen molar-refractivity contribution < 1.29 is 32.8 Å². The number of nitriles is 1. The minimum Gasteiger partial charge on any atom is -0.497 e. The predicted octanol–water partition coefficient (Wildman–Crippen LogP) is 8.18. The minimum atomic E-state index is -1.82. The van der Waals surface area contributed by atoms with E-state index in [1.165, 1.54) is 23.8 Å². The number of nitrogens with one attached hydrogen (secondary N) is 2. The van der Waals surface area contributed by atoms with Crippen LogP contribution in [0.3, 0.4) is 0 Å². The first kappa shape index (κ1) is 48.2. The first-order valence-corrected chi connectivity index (χ1v) is 25.5. The SMILES string of the molecule is COc1ccc(C(CC23COC(C2OP(OCCC#N)N(C(C)C)C(C)C)[C@H](n2cc(CCNC(=O)C45CC6CC(CC(C6)C4)C5)c(=O)[nH]c2=O)O3)(c2ccccc2)c2ccc(OC)cc2)cc1. The molecule has 0 radical (unpaired) electrons. The molecule has 2 N–H and O–H groups in total. The monoisotopic (exact) mass is 947 g/mol. The third-order valence-corrected chi connectivity index (χ3v) is 17.5. The Morgan fingerprint density at radius 1 is 0.897 bits per heavy atom. The Morgan fingerprint density at radius 3 is 2.01 bits per heavy atom. The second-order valence-electron chi connectivity index (χ2n) is 20.4. The van der Waals surface area contributed by atoms with Gasteiger partial charge in [-0.05, 0) is 138 Å². The number of nitrogens with zero attached hydrogens (tertiary/aromatic N) is 3. The van der Waals surface area contributed by atoms with Crippen molar-refractivity contribution in [3.63, 3.8) is 0 Å². The van der Waals surface area contributed by atoms with Crippen molar-refractivity contribution in [2.45, 2.75) is 127 Å². The summed E-state index contributed by atoms with van der Waals surface area (Å²) in [5.41, 5.74) is -0.383. The van der Waals surface area contributed by atoms with Crippen molar-refractivity contribution in [2.24, 2.45) is 23.2 Å². The van der Waals surface area contributed by atoms with Gasteiger partial charge in [-0.1, -0.05) is 54.6 Å². The van der Waals surface area contributed by atoms with Gasteiger partial charge in [0, 0.05) is 41.2 Å². The smallest absolute Gasteiger partial charge is 0.330 e. The molecule has 2 aliphatic heterocycles. The molecule has 6 fully saturated rings. The van der Waals surface area contributed by atoms with Gasteiger partial charge >= 0.3 is 5.69 Å². The second-order valence-corrected chi connectivity index (χ2v) is 21.8. The van der Waals surface area contributed by atoms with Crippen LogP contribution in [0, 0.1) is 34.5 Å². The molecule has 10 rings (SSSR count). The summed E-state index contributed by atoms with van der Waals surface area (Å²) in [4.78, 5) is 44.2. The molecule has 0 spiro atoms. The van der Waals surface area contributed by atoms with Gasteiger partial charge in [0.1, 0.15) is 29.3 Å². The van der Waals surface area contributed by atoms with E-state index < -0.39 is 49.2 Å². The molecule has 5 atom stereocenters. The van der Waals surface area contributed by atoms with E-state index in [1.54, 1.807) is 20.4 Å². The van der Waals surface area contributed by atoms with Crippen LogP contribution in [-0.4, -0.2) is 84.0 Å². The molecular formula is C53H66N5O9P. The Kier molecular flexibility index (Phi) is 14.1. The molecule has 15 heteroatoms. The molecule has 1 amide bonds. The van der Waals surface area contributed by atoms with Gasteiger partial charge in [-0.15, -0.1) is 0 Å². The minimum absolute atomic E-state index is 0.00524. The Hall–Kier alpha value is -4.87. The van der Waals surface area contributed by atoms with Crippen LogP contribution < -0.4 is 26.0 Å². The van der Waals surface area contributed by atoms with Crippen LogP contribution in [0.5, 0.6) is 11.5 Å². The lowest BCUT2D eigenvalue weighted by Gasteiger charge is -2.55. The van der Waals surface area contributed by atoms with Gasteiger partial charge in [0.05, 0.1) is 39.9 Å². The summed E-state index contributed by atoms with van der Waals surface area (Å²) in [6, 6.07) is 28.5. The van der Waals surface area contributed by atoms with E-state index in [-0.39, 0.29) is 62.4 Å². The molecule has 68 heavy (non-hydrogen) atoms. The Labute approximate surface area is 400 Å². The van der Waals surface area contributed by atoms with Gasteiger partial charge in [-0.2, -0.15) is 5.26 Å². The van der Waals surface area contributed by atoms with Gasteiger partial charge < -0.3 is 33.3 Å². The number of aromatic amines is 1. The highest BCUT2D eigenvalue weighted by atomic mass is 31.2. The highest BCUT2D eigenvalue weighted by molar-refractivity contribution is 7.44. The number of hydrogen-bond acceptors (Lipinski definition) is 11. The third-order valence-electron chi connectivity index (χ3n) is 15.4. The average molecular weight is 948 g/mol. The Bertz CT molecular complexity index is 2470. The number of carbonyl (C=O) groups is 1. The molecular weight excluding hydrogens is 882 g/mol. The van der Waals surface area contributed by atoms with Crippen LogP contribution in [-0.2, 0) is 35.2 Å². The van der Waals surface area contributed by atoms with Crippen molar-refractivity contribution in [3.8, 4) is 17.6 Å². The standard InChI is InChI=1S/C53H66N5O9P/c1-34(2)58(35(3)4)68(65-24-10-22-54)67-46-45-48(57-31-39(47(59)56-50(57)61)21-23-55-49(60)51-28-36-25-37(29-51)27-38(26-36)30-51)66-52(46,33-64-45)32-53(40-11-8-7-9-12-40,41-13-17-43(62-5)18-14-41)42-15-19-44(63-6)20-16-42/h7-9,11-20,31,34-38,45-46,48H,10,21,23-30,32-33H2,1-6H3,(H,55,60)(H,56,59,61)/t36?,37?,38?,45?,46?,48-,51?,52?,68?/m1/s1. The van der Waals surface area contributed by atoms with Gasteiger partial charge in [0.2, 0.25) is 5.91 Å². The zero-order chi connectivity index (χ0) is 47.8. The summed E-state index contributed by atoms with van der Waals surface area (Å²) >= 11 is 0. The second kappa shape index (κ2) is 19.9. The number of carbonyl (C=O) groups excluding carboxylic acids is 1. The van der Waals surface area contributed by atoms with E-state index in [0.717, 1.165) is 36.0 Å². The maximum Gasteiger partial charge on any atom is 0.330 e. The summed E-state index contributed by atoms with van der Waals surface area (Å²) in [5.74, 6) is 3.38. The van der Waals surface area contributed by atoms with Crippen molar-refractivity contribution in [2.75, 3.05) is 34.0 Å². The number of aromatic nitrogens is 2. The number of benzene rings is 3. The fraction of sp³-hybridized carbons (Fsp3) is 0.547. The molecule has 3 heterocycles. The zero-order valence-electron chi connectivity index (χ0n) is 40.2. The fourth-order valence-electron chi connectivity index (χ4n) is 12.8. The quantitative estimate of drug-likeness (QED) is 0.0499. The molecule has 6 aliphatic rings. The van der Waals surface area contributed by atoms with Gasteiger partial charge in [0.15, 0.2) is 6.23 Å². The van der Waals surface area contributed by atoms with Gasteiger partial charge in [0.25, 0.3) is 14.1 Å². The van der Waals surface area contributed by atoms with Crippen LogP contribution in [0.25, 0.3) is 0 Å². The molecule has 4 saturated carbocycles. The number of amides is 1. The van der Waals surface area contributed by atoms with Crippen molar-refractivity contribution in [1.82, 2.24) is 19.5 Å². The zero-order valence-corrected chi connectivity index (χ0v) is 41.0. The van der Waals surface area contributed by atoms with Crippen LogP contribution >= 0.6 is 8.53 Å². The highest BCUT2D eigenvalue weighted by Crippen LogP contribution is 2.61. The number of hydrogen-bond donors (Lipinski definition) is 2. The molecule has 1 aromatic heterocycles. The number of rotatable bonds is 20. The largest absolute Gasteiger partial charge is 0.497 e. The van der Waals surface area contributed by atoms with Crippen LogP contribution in [0.15, 0.2) is 94.6 Å². The molecule has 3 aromatic carbocycles. The lowest BCUT2D eigenvalue weighted by Crippen LogP contribution is -2.53. The lowest BCUT2D eigenvalue weighted by molar-refractivity contribution is -0.180. The molecule has 2 saturated heterocycles. The van der Waals surface area contributed by atoms with Gasteiger partial charge in [-0.25, -0.2) is 9.46 Å². The molecule has 4 unspecified atom stereocenters. The van der Waals surface area contributed by atoms with E-state index in [4.69, 9.17) is 28.0 Å². The fourth-order valence-corrected chi connectivity index (χ4v) is 14.6. The van der Waals surface area contributed by atoms with Crippen LogP contribution in [0.4, 0.5) is 0 Å². The lowest BCUT2D eigenvalue weighted by atomic mass is 9.49. The Morgan fingerprint density at radius 2 is 1.47 bits per heavy atom. The maximum atomic E-state index is 14.1. The normalized spacial score (nSPS) is 27.5. The summed E-state index contributed by atoms with van der Waals surface area (Å²) < 4.78 is 43.0. The van der Waals surface area contributed by atoms with E-state index in [9.17, 15) is 19.6 Å². The maximum absolute atomic E-state index is 14.1. The molecule has 4 aromatic rings. The van der Waals surface area contributed by atoms with E-state index in [0.29, 0.717) is 34.8 Å². The summed E-state index contributed by atoms with van der Waals surface area (Å²) in [5, 5.41) is 12.8. The van der Waals surface area contributed by atoms with Crippen molar-refractivity contribution >= 4 is 14.4 Å². The summed E-state index contributed by atoms with van der Waals surface area (Å²) in [6.45, 7) is 8.87. The van der Waals surface area contributed by atoms with Crippen molar-refractivity contribution in [1.29, 1.82) is 5.26 Å². The number of fused-ring (bicyclic) bond motifs is 2. The highest BCUT2D eigenvalue weighted by Gasteiger charge is 2.66. The Balaban J connectivity index is 1.12. The molecule has 6 bridgehead atoms. The van der Waals surface area contributed by atoms with E-state index in [1.807, 2.05) is 42.5 Å². The van der Waals surface area contributed by atoms with E-state index in [2.05, 4.69) is 85.1 Å². The third kappa shape index (κ3) is 9.07. The summed E-state index contributed by atoms with van der Waals surface area (Å²) in [7, 11) is 1.47. The topological polar surface area (TPSA) is 166 Å².